The zero-order valence-electron chi connectivity index (χ0n) is 12.9. The first-order valence-electron chi connectivity index (χ1n) is 7.78. The Morgan fingerprint density at radius 2 is 1.74 bits per heavy atom. The molecule has 0 saturated carbocycles. The van der Waals surface area contributed by atoms with E-state index in [2.05, 4.69) is 14.8 Å². The van der Waals surface area contributed by atoms with E-state index in [1.165, 1.54) is 10.6 Å². The highest BCUT2D eigenvalue weighted by atomic mass is 32.2. The Hall–Kier alpha value is -1.77. The molecule has 0 radical (unpaired) electrons. The summed E-state index contributed by atoms with van der Waals surface area (Å²) in [5, 5.41) is 4.06. The van der Waals surface area contributed by atoms with Gasteiger partial charge in [0.25, 0.3) is 10.2 Å². The van der Waals surface area contributed by atoms with Crippen LogP contribution in [0.4, 0.5) is 0 Å². The van der Waals surface area contributed by atoms with Crippen LogP contribution in [0.5, 0.6) is 0 Å². The van der Waals surface area contributed by atoms with Crippen LogP contribution in [-0.4, -0.2) is 40.6 Å². The zero-order valence-corrected chi connectivity index (χ0v) is 13.7. The van der Waals surface area contributed by atoms with Crippen molar-refractivity contribution in [3.8, 4) is 0 Å². The van der Waals surface area contributed by atoms with Crippen LogP contribution in [-0.2, 0) is 23.3 Å². The Kier molecular flexibility index (Phi) is 5.04. The van der Waals surface area contributed by atoms with Gasteiger partial charge >= 0.3 is 0 Å². The minimum absolute atomic E-state index is 0.308. The Labute approximate surface area is 136 Å². The van der Waals surface area contributed by atoms with Crippen LogP contribution in [0.3, 0.4) is 0 Å². The number of benzene rings is 1. The van der Waals surface area contributed by atoms with Gasteiger partial charge in [0.15, 0.2) is 0 Å². The molecule has 1 N–H and O–H groups in total. The first kappa shape index (κ1) is 16.1. The van der Waals surface area contributed by atoms with Gasteiger partial charge in [0.1, 0.15) is 12.7 Å². The van der Waals surface area contributed by atoms with Crippen LogP contribution in [0.2, 0.25) is 0 Å². The molecule has 0 bridgehead atoms. The van der Waals surface area contributed by atoms with Gasteiger partial charge in [0.05, 0.1) is 6.54 Å². The highest BCUT2D eigenvalue weighted by Crippen LogP contribution is 2.12. The Balaban J connectivity index is 1.55. The number of rotatable bonds is 6. The number of aromatic nitrogens is 3. The lowest BCUT2D eigenvalue weighted by Gasteiger charge is -2.25. The van der Waals surface area contributed by atoms with Gasteiger partial charge in [0.2, 0.25) is 0 Å². The molecule has 1 saturated heterocycles. The summed E-state index contributed by atoms with van der Waals surface area (Å²) in [6.07, 6.45) is 6.17. The molecule has 1 aliphatic heterocycles. The van der Waals surface area contributed by atoms with E-state index in [1.54, 1.807) is 11.0 Å². The maximum absolute atomic E-state index is 12.2. The fraction of sp³-hybridized carbons (Fsp3) is 0.467. The molecule has 3 rings (SSSR count). The van der Waals surface area contributed by atoms with Gasteiger partial charge in [-0.15, -0.1) is 0 Å². The molecule has 2 heterocycles. The fourth-order valence-corrected chi connectivity index (χ4v) is 3.91. The molecular formula is C15H21N5O2S. The van der Waals surface area contributed by atoms with Crippen molar-refractivity contribution in [3.63, 3.8) is 0 Å². The van der Waals surface area contributed by atoms with Crippen molar-refractivity contribution < 1.29 is 8.42 Å². The third-order valence-corrected chi connectivity index (χ3v) is 5.50. The largest absolute Gasteiger partial charge is 0.279 e. The van der Waals surface area contributed by atoms with E-state index in [1.807, 2.05) is 24.3 Å². The highest BCUT2D eigenvalue weighted by molar-refractivity contribution is 7.87. The Morgan fingerprint density at radius 3 is 2.39 bits per heavy atom. The topological polar surface area (TPSA) is 80.1 Å². The molecule has 1 aliphatic rings. The molecule has 0 unspecified atom stereocenters. The first-order chi connectivity index (χ1) is 11.1. The second-order valence-corrected chi connectivity index (χ2v) is 7.45. The van der Waals surface area contributed by atoms with Crippen molar-refractivity contribution in [3.05, 3.63) is 48.0 Å². The summed E-state index contributed by atoms with van der Waals surface area (Å²) in [5.74, 6) is 0. The predicted molar refractivity (Wildman–Crippen MR) is 86.7 cm³/mol. The number of nitrogens with one attached hydrogen (secondary N) is 1. The number of hydrogen-bond donors (Lipinski definition) is 1. The molecule has 7 nitrogen and oxygen atoms in total. The quantitative estimate of drug-likeness (QED) is 0.859. The van der Waals surface area contributed by atoms with Crippen LogP contribution in [0.15, 0.2) is 36.9 Å². The monoisotopic (exact) mass is 335 g/mol. The summed E-state index contributed by atoms with van der Waals surface area (Å²) in [7, 11) is -3.37. The van der Waals surface area contributed by atoms with Crippen LogP contribution in [0, 0.1) is 0 Å². The maximum atomic E-state index is 12.2. The molecule has 1 aromatic carbocycles. The maximum Gasteiger partial charge on any atom is 0.279 e. The van der Waals surface area contributed by atoms with Crippen LogP contribution in [0.1, 0.15) is 30.4 Å². The predicted octanol–water partition coefficient (Wildman–Crippen LogP) is 1.15. The summed E-state index contributed by atoms with van der Waals surface area (Å²) in [5.41, 5.74) is 2.03. The third kappa shape index (κ3) is 4.37. The summed E-state index contributed by atoms with van der Waals surface area (Å²) >= 11 is 0. The van der Waals surface area contributed by atoms with Gasteiger partial charge in [-0.3, -0.25) is 0 Å². The van der Waals surface area contributed by atoms with E-state index >= 15 is 0 Å². The summed E-state index contributed by atoms with van der Waals surface area (Å²) < 4.78 is 30.4. The molecule has 0 aliphatic carbocycles. The normalized spacial score (nSPS) is 16.5. The average molecular weight is 335 g/mol. The van der Waals surface area contributed by atoms with Crippen molar-refractivity contribution in [2.45, 2.75) is 32.4 Å². The molecule has 1 fully saturated rings. The minimum Gasteiger partial charge on any atom is -0.249 e. The van der Waals surface area contributed by atoms with Crippen LogP contribution < -0.4 is 4.72 Å². The lowest BCUT2D eigenvalue weighted by molar-refractivity contribution is 0.341. The second kappa shape index (κ2) is 7.20. The van der Waals surface area contributed by atoms with Crippen molar-refractivity contribution in [2.75, 3.05) is 13.1 Å². The Morgan fingerprint density at radius 1 is 1.04 bits per heavy atom. The smallest absolute Gasteiger partial charge is 0.249 e. The van der Waals surface area contributed by atoms with Gasteiger partial charge in [0, 0.05) is 19.6 Å². The molecule has 1 aromatic heterocycles. The second-order valence-electron chi connectivity index (χ2n) is 5.70. The summed E-state index contributed by atoms with van der Waals surface area (Å²) in [4.78, 5) is 3.91. The number of nitrogens with zero attached hydrogens (tertiary/aromatic N) is 4. The fourth-order valence-electron chi connectivity index (χ4n) is 2.64. The minimum atomic E-state index is -3.37. The molecule has 0 atom stereocenters. The van der Waals surface area contributed by atoms with E-state index in [-0.39, 0.29) is 0 Å². The molecule has 0 amide bonds. The van der Waals surface area contributed by atoms with Crippen LogP contribution in [0.25, 0.3) is 0 Å². The molecule has 0 spiro atoms. The third-order valence-electron chi connectivity index (χ3n) is 3.95. The van der Waals surface area contributed by atoms with Gasteiger partial charge in [-0.05, 0) is 24.0 Å². The average Bonchev–Trinajstić information content (AvgIpc) is 3.08. The van der Waals surface area contributed by atoms with E-state index < -0.39 is 10.2 Å². The first-order valence-corrected chi connectivity index (χ1v) is 9.22. The standard InChI is InChI=1S/C15H21N5O2S/c21-23(22,20-8-2-1-3-9-20)18-10-14-4-6-15(7-5-14)11-19-13-16-12-17-19/h4-7,12-13,18H,1-3,8-11H2. The van der Waals surface area contributed by atoms with Crippen molar-refractivity contribution in [1.29, 1.82) is 0 Å². The molecular weight excluding hydrogens is 314 g/mol. The van der Waals surface area contributed by atoms with E-state index in [4.69, 9.17) is 0 Å². The lowest BCUT2D eigenvalue weighted by Crippen LogP contribution is -2.43. The zero-order chi connectivity index (χ0) is 16.1. The lowest BCUT2D eigenvalue weighted by atomic mass is 10.1. The van der Waals surface area contributed by atoms with Crippen molar-refractivity contribution in [1.82, 2.24) is 23.8 Å². The SMILES string of the molecule is O=S(=O)(NCc1ccc(Cn2cncn2)cc1)N1CCCCC1. The van der Waals surface area contributed by atoms with Gasteiger partial charge in [-0.25, -0.2) is 9.67 Å². The van der Waals surface area contributed by atoms with E-state index in [9.17, 15) is 8.42 Å². The van der Waals surface area contributed by atoms with Crippen LogP contribution >= 0.6 is 0 Å². The van der Waals surface area contributed by atoms with Crippen molar-refractivity contribution >= 4 is 10.2 Å². The van der Waals surface area contributed by atoms with Gasteiger partial charge in [-0.2, -0.15) is 22.5 Å². The van der Waals surface area contributed by atoms with E-state index in [0.717, 1.165) is 30.4 Å². The summed E-state index contributed by atoms with van der Waals surface area (Å²) in [6.45, 7) is 2.20. The van der Waals surface area contributed by atoms with Gasteiger partial charge in [-0.1, -0.05) is 30.7 Å². The highest BCUT2D eigenvalue weighted by Gasteiger charge is 2.23. The van der Waals surface area contributed by atoms with Gasteiger partial charge < -0.3 is 0 Å². The molecule has 2 aromatic rings. The molecule has 23 heavy (non-hydrogen) atoms. The van der Waals surface area contributed by atoms with Crippen molar-refractivity contribution in [2.24, 2.45) is 0 Å². The summed E-state index contributed by atoms with van der Waals surface area (Å²) in [6, 6.07) is 7.83. The molecule has 8 heteroatoms. The molecule has 124 valence electrons. The number of piperidine rings is 1. The Bertz CT molecular complexity index is 707. The number of hydrogen-bond acceptors (Lipinski definition) is 4. The van der Waals surface area contributed by atoms with E-state index in [0.29, 0.717) is 26.2 Å².